The summed E-state index contributed by atoms with van der Waals surface area (Å²) < 4.78 is 40.0. The number of ether oxygens (including phenoxy) is 1. The summed E-state index contributed by atoms with van der Waals surface area (Å²) in [6.45, 7) is 2.79. The van der Waals surface area contributed by atoms with E-state index < -0.39 is 35.8 Å². The minimum Gasteiger partial charge on any atom is -0.481 e. The number of anilines is 1. The third-order valence-corrected chi connectivity index (χ3v) is 2.89. The van der Waals surface area contributed by atoms with Gasteiger partial charge in [0.15, 0.2) is 0 Å². The van der Waals surface area contributed by atoms with Crippen molar-refractivity contribution in [1.82, 2.24) is 0 Å². The summed E-state index contributed by atoms with van der Waals surface area (Å²) in [5, 5.41) is 11.2. The van der Waals surface area contributed by atoms with Crippen molar-refractivity contribution in [2.75, 3.05) is 5.32 Å². The van der Waals surface area contributed by atoms with Crippen molar-refractivity contribution in [3.63, 3.8) is 0 Å². The van der Waals surface area contributed by atoms with Crippen LogP contribution in [0.3, 0.4) is 0 Å². The molecule has 0 aliphatic carbocycles. The normalized spacial score (nSPS) is 14.1. The van der Waals surface area contributed by atoms with E-state index >= 15 is 0 Å². The highest BCUT2D eigenvalue weighted by molar-refractivity contribution is 5.94. The second kappa shape index (κ2) is 6.47. The Hall–Kier alpha value is -2.25. The third kappa shape index (κ3) is 5.33. The Morgan fingerprint density at radius 2 is 1.86 bits per heavy atom. The SMILES string of the molecule is CC(C(=O)O)C(C)C(=O)Nc1cccc(OC(F)(F)F)c1. The van der Waals surface area contributed by atoms with Gasteiger partial charge in [-0.1, -0.05) is 19.9 Å². The minimum absolute atomic E-state index is 0.0891. The van der Waals surface area contributed by atoms with Crippen LogP contribution in [0.15, 0.2) is 24.3 Å². The lowest BCUT2D eigenvalue weighted by Crippen LogP contribution is -2.30. The smallest absolute Gasteiger partial charge is 0.481 e. The van der Waals surface area contributed by atoms with E-state index in [-0.39, 0.29) is 5.69 Å². The second-order valence-corrected chi connectivity index (χ2v) is 4.48. The number of benzene rings is 1. The number of aliphatic carboxylic acids is 1. The molecule has 8 heteroatoms. The van der Waals surface area contributed by atoms with E-state index in [1.165, 1.54) is 26.0 Å². The molecule has 0 saturated heterocycles. The fourth-order valence-electron chi connectivity index (χ4n) is 1.47. The first-order chi connectivity index (χ1) is 9.60. The van der Waals surface area contributed by atoms with Crippen molar-refractivity contribution in [3.05, 3.63) is 24.3 Å². The van der Waals surface area contributed by atoms with Gasteiger partial charge in [0.25, 0.3) is 0 Å². The van der Waals surface area contributed by atoms with Crippen molar-refractivity contribution < 1.29 is 32.6 Å². The molecule has 0 saturated carbocycles. The highest BCUT2D eigenvalue weighted by atomic mass is 19.4. The van der Waals surface area contributed by atoms with E-state index in [0.717, 1.165) is 12.1 Å². The number of nitrogens with one attached hydrogen (secondary N) is 1. The first kappa shape index (κ1) is 16.8. The first-order valence-electron chi connectivity index (χ1n) is 5.99. The van der Waals surface area contributed by atoms with Gasteiger partial charge in [-0.05, 0) is 12.1 Å². The molecule has 0 radical (unpaired) electrons. The van der Waals surface area contributed by atoms with Gasteiger partial charge in [0, 0.05) is 17.7 Å². The summed E-state index contributed by atoms with van der Waals surface area (Å²) in [6, 6.07) is 4.75. The Balaban J connectivity index is 2.77. The van der Waals surface area contributed by atoms with Crippen LogP contribution >= 0.6 is 0 Å². The van der Waals surface area contributed by atoms with Gasteiger partial charge in [-0.3, -0.25) is 9.59 Å². The Morgan fingerprint density at radius 1 is 1.24 bits per heavy atom. The van der Waals surface area contributed by atoms with Gasteiger partial charge in [0.05, 0.1) is 5.92 Å². The Labute approximate surface area is 118 Å². The molecule has 0 spiro atoms. The number of rotatable bonds is 5. The van der Waals surface area contributed by atoms with Crippen LogP contribution in [0, 0.1) is 11.8 Å². The molecule has 1 aromatic carbocycles. The van der Waals surface area contributed by atoms with Crippen LogP contribution < -0.4 is 10.1 Å². The number of amides is 1. The zero-order valence-electron chi connectivity index (χ0n) is 11.3. The van der Waals surface area contributed by atoms with Gasteiger partial charge in [-0.2, -0.15) is 0 Å². The van der Waals surface area contributed by atoms with Gasteiger partial charge >= 0.3 is 12.3 Å². The quantitative estimate of drug-likeness (QED) is 0.877. The van der Waals surface area contributed by atoms with Crippen molar-refractivity contribution in [2.24, 2.45) is 11.8 Å². The lowest BCUT2D eigenvalue weighted by Gasteiger charge is -2.16. The molecule has 0 bridgehead atoms. The Morgan fingerprint density at radius 3 is 2.38 bits per heavy atom. The molecule has 1 rings (SSSR count). The number of hydrogen-bond acceptors (Lipinski definition) is 3. The maximum Gasteiger partial charge on any atom is 0.573 e. The third-order valence-electron chi connectivity index (χ3n) is 2.89. The molecular weight excluding hydrogens is 291 g/mol. The zero-order chi connectivity index (χ0) is 16.2. The molecule has 2 unspecified atom stereocenters. The summed E-state index contributed by atoms with van der Waals surface area (Å²) >= 11 is 0. The number of carbonyl (C=O) groups excluding carboxylic acids is 1. The first-order valence-corrected chi connectivity index (χ1v) is 5.99. The summed E-state index contributed by atoms with van der Waals surface area (Å²) in [4.78, 5) is 22.6. The summed E-state index contributed by atoms with van der Waals surface area (Å²) in [7, 11) is 0. The molecule has 2 atom stereocenters. The number of carbonyl (C=O) groups is 2. The average Bonchev–Trinajstić information content (AvgIpc) is 2.35. The maximum absolute atomic E-state index is 12.1. The van der Waals surface area contributed by atoms with Gasteiger partial charge in [-0.25, -0.2) is 0 Å². The van der Waals surface area contributed by atoms with Crippen LogP contribution in [0.1, 0.15) is 13.8 Å². The molecule has 0 fully saturated rings. The lowest BCUT2D eigenvalue weighted by molar-refractivity contribution is -0.274. The van der Waals surface area contributed by atoms with Crippen molar-refractivity contribution >= 4 is 17.6 Å². The van der Waals surface area contributed by atoms with Crippen LogP contribution in [-0.4, -0.2) is 23.3 Å². The fourth-order valence-corrected chi connectivity index (χ4v) is 1.47. The van der Waals surface area contributed by atoms with E-state index in [1.807, 2.05) is 0 Å². The molecule has 2 N–H and O–H groups in total. The number of carboxylic acid groups (broad SMARTS) is 1. The predicted molar refractivity (Wildman–Crippen MR) is 67.7 cm³/mol. The lowest BCUT2D eigenvalue weighted by atomic mass is 9.95. The molecule has 0 aromatic heterocycles. The van der Waals surface area contributed by atoms with Gasteiger partial charge in [-0.15, -0.1) is 13.2 Å². The minimum atomic E-state index is -4.83. The predicted octanol–water partition coefficient (Wildman–Crippen LogP) is 2.88. The fraction of sp³-hybridized carbons (Fsp3) is 0.385. The highest BCUT2D eigenvalue weighted by Crippen LogP contribution is 2.25. The van der Waals surface area contributed by atoms with Crippen LogP contribution in [0.4, 0.5) is 18.9 Å². The molecule has 0 aliphatic heterocycles. The van der Waals surface area contributed by atoms with E-state index in [1.54, 1.807) is 0 Å². The summed E-state index contributed by atoms with van der Waals surface area (Å²) in [6.07, 6.45) is -4.83. The standard InChI is InChI=1S/C13H14F3NO4/c1-7(8(2)12(19)20)11(18)17-9-4-3-5-10(6-9)21-13(14,15)16/h3-8H,1-2H3,(H,17,18)(H,19,20). The van der Waals surface area contributed by atoms with Crippen molar-refractivity contribution in [2.45, 2.75) is 20.2 Å². The summed E-state index contributed by atoms with van der Waals surface area (Å²) in [5.41, 5.74) is 0.0891. The van der Waals surface area contributed by atoms with E-state index in [0.29, 0.717) is 0 Å². The largest absolute Gasteiger partial charge is 0.573 e. The van der Waals surface area contributed by atoms with Crippen LogP contribution in [0.5, 0.6) is 5.75 Å². The van der Waals surface area contributed by atoms with Crippen molar-refractivity contribution in [1.29, 1.82) is 0 Å². The van der Waals surface area contributed by atoms with E-state index in [2.05, 4.69) is 10.1 Å². The molecule has 1 amide bonds. The maximum atomic E-state index is 12.1. The molecule has 5 nitrogen and oxygen atoms in total. The van der Waals surface area contributed by atoms with Gasteiger partial charge < -0.3 is 15.2 Å². The molecule has 0 heterocycles. The topological polar surface area (TPSA) is 75.6 Å². The number of halogens is 3. The van der Waals surface area contributed by atoms with Gasteiger partial charge in [0.1, 0.15) is 5.75 Å². The second-order valence-electron chi connectivity index (χ2n) is 4.48. The number of hydrogen-bond donors (Lipinski definition) is 2. The highest BCUT2D eigenvalue weighted by Gasteiger charge is 2.31. The van der Waals surface area contributed by atoms with E-state index in [4.69, 9.17) is 5.11 Å². The molecule has 116 valence electrons. The average molecular weight is 305 g/mol. The Bertz CT molecular complexity index is 530. The van der Waals surface area contributed by atoms with Crippen LogP contribution in [0.2, 0.25) is 0 Å². The van der Waals surface area contributed by atoms with Gasteiger partial charge in [0.2, 0.25) is 5.91 Å². The molecule has 21 heavy (non-hydrogen) atoms. The number of alkyl halides is 3. The van der Waals surface area contributed by atoms with Crippen LogP contribution in [0.25, 0.3) is 0 Å². The van der Waals surface area contributed by atoms with Crippen molar-refractivity contribution in [3.8, 4) is 5.75 Å². The van der Waals surface area contributed by atoms with Crippen LogP contribution in [-0.2, 0) is 9.59 Å². The number of carboxylic acids is 1. The molecule has 0 aliphatic rings. The zero-order valence-corrected chi connectivity index (χ0v) is 11.3. The van der Waals surface area contributed by atoms with E-state index in [9.17, 15) is 22.8 Å². The Kier molecular flexibility index (Phi) is 5.17. The molecular formula is C13H14F3NO4. The summed E-state index contributed by atoms with van der Waals surface area (Å²) in [5.74, 6) is -3.96. The monoisotopic (exact) mass is 305 g/mol. The molecule has 1 aromatic rings.